The molecule has 2 saturated carbocycles. The number of hydrogen-bond acceptors (Lipinski definition) is 5. The molecule has 2 bridgehead atoms. The van der Waals surface area contributed by atoms with Gasteiger partial charge in [0.25, 0.3) is 0 Å². The van der Waals surface area contributed by atoms with Crippen LogP contribution >= 0.6 is 0 Å². The van der Waals surface area contributed by atoms with E-state index in [1.165, 1.54) is 14.2 Å². The average molecular weight is 345 g/mol. The van der Waals surface area contributed by atoms with Gasteiger partial charge in [0.15, 0.2) is 0 Å². The lowest BCUT2D eigenvalue weighted by Gasteiger charge is -2.37. The third-order valence-corrected chi connectivity index (χ3v) is 6.59. The Morgan fingerprint density at radius 1 is 1.04 bits per heavy atom. The Labute approximate surface area is 146 Å². The first-order valence-electron chi connectivity index (χ1n) is 8.28. The standard InChI is InChI=1S/C19H23NO5/c1-17(2)18(3)8-9-19(17,15(22)14(18)21)16(23)20-12-7-6-11(24-4)10-13(12)25-5/h6-7,10H,8-9H2,1-5H3,(H,20,23)/t18-,19-/m1/s1. The molecular formula is C19H23NO5. The number of hydrogen-bond donors (Lipinski definition) is 1. The smallest absolute Gasteiger partial charge is 0.239 e. The topological polar surface area (TPSA) is 81.7 Å². The molecule has 0 radical (unpaired) electrons. The summed E-state index contributed by atoms with van der Waals surface area (Å²) in [6.07, 6.45) is 0.920. The van der Waals surface area contributed by atoms with Crippen LogP contribution in [0.4, 0.5) is 5.69 Å². The lowest BCUT2D eigenvalue weighted by atomic mass is 9.64. The van der Waals surface area contributed by atoms with Crippen molar-refractivity contribution in [3.05, 3.63) is 18.2 Å². The summed E-state index contributed by atoms with van der Waals surface area (Å²) in [4.78, 5) is 38.4. The van der Waals surface area contributed by atoms with Gasteiger partial charge >= 0.3 is 0 Å². The number of ketones is 2. The fourth-order valence-corrected chi connectivity index (χ4v) is 4.40. The Balaban J connectivity index is 2.00. The second kappa shape index (κ2) is 5.31. The number of fused-ring (bicyclic) bond motifs is 2. The molecule has 6 nitrogen and oxygen atoms in total. The van der Waals surface area contributed by atoms with Crippen molar-refractivity contribution in [2.24, 2.45) is 16.2 Å². The van der Waals surface area contributed by atoms with Gasteiger partial charge in [-0.15, -0.1) is 0 Å². The Bertz CT molecular complexity index is 784. The zero-order valence-corrected chi connectivity index (χ0v) is 15.2. The molecule has 2 aliphatic rings. The molecule has 1 aromatic rings. The predicted octanol–water partition coefficient (Wildman–Crippen LogP) is 2.61. The fourth-order valence-electron chi connectivity index (χ4n) is 4.40. The summed E-state index contributed by atoms with van der Waals surface area (Å²) < 4.78 is 10.5. The van der Waals surface area contributed by atoms with E-state index in [0.29, 0.717) is 30.0 Å². The molecule has 0 unspecified atom stereocenters. The molecule has 0 saturated heterocycles. The third-order valence-electron chi connectivity index (χ3n) is 6.59. The summed E-state index contributed by atoms with van der Waals surface area (Å²) in [5, 5.41) is 2.80. The number of Topliss-reactive ketones (excluding diaryl/α,β-unsaturated/α-hetero) is 2. The molecule has 2 fully saturated rings. The molecule has 2 atom stereocenters. The van der Waals surface area contributed by atoms with Gasteiger partial charge in [-0.2, -0.15) is 0 Å². The van der Waals surface area contributed by atoms with Gasteiger partial charge in [0.1, 0.15) is 16.9 Å². The minimum atomic E-state index is -1.33. The van der Waals surface area contributed by atoms with Crippen LogP contribution < -0.4 is 14.8 Å². The Kier molecular flexibility index (Phi) is 3.71. The van der Waals surface area contributed by atoms with Crippen molar-refractivity contribution in [2.75, 3.05) is 19.5 Å². The maximum Gasteiger partial charge on any atom is 0.239 e. The number of nitrogens with one attached hydrogen (secondary N) is 1. The maximum atomic E-state index is 13.2. The quantitative estimate of drug-likeness (QED) is 0.670. The molecular weight excluding hydrogens is 322 g/mol. The Morgan fingerprint density at radius 2 is 1.72 bits per heavy atom. The summed E-state index contributed by atoms with van der Waals surface area (Å²) in [6, 6.07) is 5.01. The number of benzene rings is 1. The first-order valence-corrected chi connectivity index (χ1v) is 8.28. The van der Waals surface area contributed by atoms with Gasteiger partial charge in [-0.3, -0.25) is 14.4 Å². The van der Waals surface area contributed by atoms with E-state index in [4.69, 9.17) is 9.47 Å². The van der Waals surface area contributed by atoms with Crippen molar-refractivity contribution in [3.8, 4) is 11.5 Å². The molecule has 25 heavy (non-hydrogen) atoms. The van der Waals surface area contributed by atoms with Gasteiger partial charge in [0, 0.05) is 11.5 Å². The lowest BCUT2D eigenvalue weighted by molar-refractivity contribution is -0.147. The summed E-state index contributed by atoms with van der Waals surface area (Å²) in [5.41, 5.74) is -2.41. The van der Waals surface area contributed by atoms with Crippen LogP contribution in [0.5, 0.6) is 11.5 Å². The van der Waals surface area contributed by atoms with Crippen molar-refractivity contribution in [1.29, 1.82) is 0 Å². The monoisotopic (exact) mass is 345 g/mol. The van der Waals surface area contributed by atoms with E-state index in [9.17, 15) is 14.4 Å². The molecule has 1 amide bonds. The van der Waals surface area contributed by atoms with Crippen molar-refractivity contribution in [1.82, 2.24) is 0 Å². The van der Waals surface area contributed by atoms with Crippen LogP contribution in [0.3, 0.4) is 0 Å². The van der Waals surface area contributed by atoms with Crippen LogP contribution in [0.2, 0.25) is 0 Å². The van der Waals surface area contributed by atoms with Gasteiger partial charge in [-0.25, -0.2) is 0 Å². The maximum absolute atomic E-state index is 13.2. The van der Waals surface area contributed by atoms with E-state index in [1.807, 2.05) is 13.8 Å². The molecule has 0 spiro atoms. The van der Waals surface area contributed by atoms with E-state index in [-0.39, 0.29) is 0 Å². The number of ether oxygens (including phenoxy) is 2. The van der Waals surface area contributed by atoms with E-state index >= 15 is 0 Å². The highest BCUT2D eigenvalue weighted by molar-refractivity contribution is 6.49. The second-order valence-corrected chi connectivity index (χ2v) is 7.54. The highest BCUT2D eigenvalue weighted by atomic mass is 16.5. The number of anilines is 1. The molecule has 2 aliphatic carbocycles. The number of carbonyl (C=O) groups is 3. The average Bonchev–Trinajstić information content (AvgIpc) is 2.87. The molecule has 0 aliphatic heterocycles. The van der Waals surface area contributed by atoms with Crippen LogP contribution in [-0.4, -0.2) is 31.7 Å². The number of rotatable bonds is 4. The minimum absolute atomic E-state index is 0.380. The highest BCUT2D eigenvalue weighted by Gasteiger charge is 2.77. The van der Waals surface area contributed by atoms with E-state index < -0.39 is 33.7 Å². The Hall–Kier alpha value is -2.37. The van der Waals surface area contributed by atoms with Crippen molar-refractivity contribution < 1.29 is 23.9 Å². The van der Waals surface area contributed by atoms with Crippen LogP contribution in [-0.2, 0) is 14.4 Å². The minimum Gasteiger partial charge on any atom is -0.497 e. The molecule has 134 valence electrons. The van der Waals surface area contributed by atoms with E-state index in [1.54, 1.807) is 25.1 Å². The molecule has 3 rings (SSSR count). The van der Waals surface area contributed by atoms with Gasteiger partial charge in [0.05, 0.1) is 19.9 Å². The second-order valence-electron chi connectivity index (χ2n) is 7.54. The van der Waals surface area contributed by atoms with Crippen LogP contribution in [0.25, 0.3) is 0 Å². The number of amides is 1. The Morgan fingerprint density at radius 3 is 2.24 bits per heavy atom. The molecule has 0 heterocycles. The molecule has 1 aromatic carbocycles. The summed E-state index contributed by atoms with van der Waals surface area (Å²) in [6.45, 7) is 5.48. The normalized spacial score (nSPS) is 29.6. The van der Waals surface area contributed by atoms with Crippen molar-refractivity contribution >= 4 is 23.2 Å². The fraction of sp³-hybridized carbons (Fsp3) is 0.526. The van der Waals surface area contributed by atoms with Crippen LogP contribution in [0, 0.1) is 16.2 Å². The first kappa shape index (κ1) is 17.5. The molecule has 6 heteroatoms. The van der Waals surface area contributed by atoms with E-state index in [2.05, 4.69) is 5.32 Å². The number of methoxy groups -OCH3 is 2. The summed E-state index contributed by atoms with van der Waals surface area (Å²) in [5.74, 6) is -0.425. The zero-order chi connectivity index (χ0) is 18.6. The highest BCUT2D eigenvalue weighted by Crippen LogP contribution is 2.69. The third kappa shape index (κ3) is 1.94. The van der Waals surface area contributed by atoms with Crippen LogP contribution in [0.1, 0.15) is 33.6 Å². The number of carbonyl (C=O) groups excluding carboxylic acids is 3. The van der Waals surface area contributed by atoms with Gasteiger partial charge < -0.3 is 14.8 Å². The predicted molar refractivity (Wildman–Crippen MR) is 91.7 cm³/mol. The zero-order valence-electron chi connectivity index (χ0n) is 15.2. The lowest BCUT2D eigenvalue weighted by Crippen LogP contribution is -2.47. The molecule has 0 aromatic heterocycles. The summed E-state index contributed by atoms with van der Waals surface area (Å²) in [7, 11) is 3.03. The van der Waals surface area contributed by atoms with Crippen molar-refractivity contribution in [3.63, 3.8) is 0 Å². The SMILES string of the molecule is COc1ccc(NC(=O)[C@@]23CC[C@](C)(C(=O)C2=O)C3(C)C)c(OC)c1. The van der Waals surface area contributed by atoms with Crippen LogP contribution in [0.15, 0.2) is 18.2 Å². The largest absolute Gasteiger partial charge is 0.497 e. The van der Waals surface area contributed by atoms with E-state index in [0.717, 1.165) is 0 Å². The summed E-state index contributed by atoms with van der Waals surface area (Å²) >= 11 is 0. The van der Waals surface area contributed by atoms with Gasteiger partial charge in [-0.05, 0) is 30.4 Å². The first-order chi connectivity index (χ1) is 11.7. The molecule has 1 N–H and O–H groups in total. The van der Waals surface area contributed by atoms with Gasteiger partial charge in [-0.1, -0.05) is 20.8 Å². The van der Waals surface area contributed by atoms with Gasteiger partial charge in [0.2, 0.25) is 17.5 Å². The van der Waals surface area contributed by atoms with Crippen molar-refractivity contribution in [2.45, 2.75) is 33.6 Å².